The lowest BCUT2D eigenvalue weighted by atomic mass is 10.1. The zero-order chi connectivity index (χ0) is 18.8. The van der Waals surface area contributed by atoms with Crippen molar-refractivity contribution in [3.63, 3.8) is 0 Å². The summed E-state index contributed by atoms with van der Waals surface area (Å²) in [4.78, 5) is 24.4. The molecule has 5 nitrogen and oxygen atoms in total. The number of hydrogen-bond acceptors (Lipinski definition) is 5. The number of fused-ring (bicyclic) bond motifs is 1. The fourth-order valence-corrected chi connectivity index (χ4v) is 3.70. The van der Waals surface area contributed by atoms with Gasteiger partial charge in [-0.15, -0.1) is 11.3 Å². The molecule has 3 heterocycles. The number of aryl methyl sites for hydroxylation is 2. The summed E-state index contributed by atoms with van der Waals surface area (Å²) in [5.74, 6) is 0.540. The Morgan fingerprint density at radius 1 is 1.11 bits per heavy atom. The van der Waals surface area contributed by atoms with Crippen LogP contribution in [0.25, 0.3) is 22.2 Å². The second-order valence-electron chi connectivity index (χ2n) is 6.45. The third kappa shape index (κ3) is 3.61. The van der Waals surface area contributed by atoms with Crippen LogP contribution in [-0.2, 0) is 6.42 Å². The molecule has 6 heteroatoms. The van der Waals surface area contributed by atoms with Crippen molar-refractivity contribution in [3.05, 3.63) is 68.9 Å². The van der Waals surface area contributed by atoms with E-state index in [1.54, 1.807) is 17.5 Å². The number of nitrogens with zero attached hydrogens (tertiary/aromatic N) is 2. The molecule has 0 spiro atoms. The van der Waals surface area contributed by atoms with Crippen LogP contribution in [0.1, 0.15) is 23.9 Å². The number of pyridine rings is 2. The number of H-pyrrole nitrogens is 1. The molecule has 0 saturated carbocycles. The molecule has 0 aliphatic carbocycles. The molecule has 27 heavy (non-hydrogen) atoms. The maximum Gasteiger partial charge on any atom is 0.259 e. The molecule has 0 atom stereocenters. The van der Waals surface area contributed by atoms with Gasteiger partial charge in [-0.05, 0) is 48.6 Å². The van der Waals surface area contributed by atoms with E-state index in [4.69, 9.17) is 4.98 Å². The van der Waals surface area contributed by atoms with Crippen molar-refractivity contribution in [2.24, 2.45) is 0 Å². The molecule has 1 aromatic carbocycles. The van der Waals surface area contributed by atoms with E-state index in [1.807, 2.05) is 36.6 Å². The highest BCUT2D eigenvalue weighted by molar-refractivity contribution is 7.09. The second-order valence-corrected chi connectivity index (χ2v) is 7.51. The summed E-state index contributed by atoms with van der Waals surface area (Å²) in [5.41, 5.74) is 3.61. The maximum absolute atomic E-state index is 12.4. The molecule has 3 aromatic heterocycles. The lowest BCUT2D eigenvalue weighted by Crippen LogP contribution is -2.09. The van der Waals surface area contributed by atoms with Gasteiger partial charge in [-0.25, -0.2) is 9.97 Å². The summed E-state index contributed by atoms with van der Waals surface area (Å²) >= 11 is 1.58. The number of benzene rings is 1. The van der Waals surface area contributed by atoms with E-state index in [0.717, 1.165) is 40.3 Å². The first kappa shape index (κ1) is 17.4. The Labute approximate surface area is 161 Å². The molecule has 0 saturated heterocycles. The molecule has 0 unspecified atom stereocenters. The molecule has 4 rings (SSSR count). The van der Waals surface area contributed by atoms with Crippen LogP contribution in [0.4, 0.5) is 11.5 Å². The van der Waals surface area contributed by atoms with Crippen LogP contribution in [0.3, 0.4) is 0 Å². The summed E-state index contributed by atoms with van der Waals surface area (Å²) in [7, 11) is 0. The Hall–Kier alpha value is -2.99. The third-order valence-corrected chi connectivity index (χ3v) is 5.16. The number of nitrogens with one attached hydrogen (secondary N) is 2. The smallest absolute Gasteiger partial charge is 0.259 e. The molecule has 0 bridgehead atoms. The Balaban J connectivity index is 1.81. The van der Waals surface area contributed by atoms with Gasteiger partial charge in [0.25, 0.3) is 5.56 Å². The zero-order valence-electron chi connectivity index (χ0n) is 15.2. The minimum absolute atomic E-state index is 0.161. The summed E-state index contributed by atoms with van der Waals surface area (Å²) in [6, 6.07) is 12.0. The minimum Gasteiger partial charge on any atom is -0.340 e. The Kier molecular flexibility index (Phi) is 4.73. The third-order valence-electron chi connectivity index (χ3n) is 4.39. The van der Waals surface area contributed by atoms with Crippen LogP contribution < -0.4 is 10.9 Å². The Morgan fingerprint density at radius 3 is 2.63 bits per heavy atom. The van der Waals surface area contributed by atoms with Gasteiger partial charge in [0.05, 0.1) is 21.8 Å². The lowest BCUT2D eigenvalue weighted by molar-refractivity contribution is 0.922. The highest BCUT2D eigenvalue weighted by atomic mass is 32.1. The Morgan fingerprint density at radius 2 is 1.93 bits per heavy atom. The van der Waals surface area contributed by atoms with E-state index in [9.17, 15) is 4.79 Å². The van der Waals surface area contributed by atoms with Gasteiger partial charge < -0.3 is 10.3 Å². The number of rotatable bonds is 5. The van der Waals surface area contributed by atoms with Gasteiger partial charge in [-0.2, -0.15) is 0 Å². The Bertz CT molecular complexity index is 1150. The van der Waals surface area contributed by atoms with Crippen molar-refractivity contribution in [3.8, 4) is 11.4 Å². The number of hydrogen-bond donors (Lipinski definition) is 2. The average molecular weight is 376 g/mol. The minimum atomic E-state index is -0.161. The van der Waals surface area contributed by atoms with E-state index in [-0.39, 0.29) is 5.56 Å². The molecule has 0 fully saturated rings. The first-order chi connectivity index (χ1) is 13.1. The topological polar surface area (TPSA) is 70.7 Å². The van der Waals surface area contributed by atoms with Gasteiger partial charge in [-0.3, -0.25) is 4.79 Å². The molecule has 0 aliphatic rings. The van der Waals surface area contributed by atoms with Gasteiger partial charge >= 0.3 is 0 Å². The monoisotopic (exact) mass is 376 g/mol. The molecule has 0 aliphatic heterocycles. The zero-order valence-corrected chi connectivity index (χ0v) is 16.1. The van der Waals surface area contributed by atoms with E-state index >= 15 is 0 Å². The van der Waals surface area contributed by atoms with Crippen molar-refractivity contribution >= 4 is 33.6 Å². The van der Waals surface area contributed by atoms with Crippen molar-refractivity contribution < 1.29 is 0 Å². The molecule has 136 valence electrons. The van der Waals surface area contributed by atoms with Crippen molar-refractivity contribution in [2.45, 2.75) is 26.7 Å². The lowest BCUT2D eigenvalue weighted by Gasteiger charge is -2.11. The number of aromatic amines is 1. The molecule has 0 radical (unpaired) electrons. The van der Waals surface area contributed by atoms with Crippen LogP contribution >= 0.6 is 11.3 Å². The van der Waals surface area contributed by atoms with E-state index in [2.05, 4.69) is 34.3 Å². The highest BCUT2D eigenvalue weighted by Crippen LogP contribution is 2.28. The van der Waals surface area contributed by atoms with Gasteiger partial charge in [0.1, 0.15) is 5.82 Å². The first-order valence-corrected chi connectivity index (χ1v) is 9.83. The van der Waals surface area contributed by atoms with Gasteiger partial charge in [0, 0.05) is 17.3 Å². The van der Waals surface area contributed by atoms with E-state index < -0.39 is 0 Å². The van der Waals surface area contributed by atoms with Crippen LogP contribution in [0, 0.1) is 6.92 Å². The molecular weight excluding hydrogens is 356 g/mol. The molecule has 2 N–H and O–H groups in total. The highest BCUT2D eigenvalue weighted by Gasteiger charge is 2.13. The fraction of sp³-hybridized carbons (Fsp3) is 0.190. The van der Waals surface area contributed by atoms with Gasteiger partial charge in [0.2, 0.25) is 0 Å². The van der Waals surface area contributed by atoms with Crippen LogP contribution in [-0.4, -0.2) is 15.0 Å². The predicted molar refractivity (Wildman–Crippen MR) is 112 cm³/mol. The first-order valence-electron chi connectivity index (χ1n) is 8.95. The largest absolute Gasteiger partial charge is 0.340 e. The SMILES string of the molecule is CCCc1ccc(Nc2nc(-c3csc(C)n3)cc3cc[nH]c(=O)c23)cc1. The van der Waals surface area contributed by atoms with Crippen LogP contribution in [0.5, 0.6) is 0 Å². The number of anilines is 2. The van der Waals surface area contributed by atoms with Crippen molar-refractivity contribution in [1.82, 2.24) is 15.0 Å². The average Bonchev–Trinajstić information content (AvgIpc) is 3.10. The number of thiazole rings is 1. The van der Waals surface area contributed by atoms with Gasteiger partial charge in [-0.1, -0.05) is 25.5 Å². The van der Waals surface area contributed by atoms with E-state index in [0.29, 0.717) is 11.2 Å². The second kappa shape index (κ2) is 7.32. The molecular formula is C21H20N4OS. The van der Waals surface area contributed by atoms with Crippen molar-refractivity contribution in [2.75, 3.05) is 5.32 Å². The summed E-state index contributed by atoms with van der Waals surface area (Å²) in [6.45, 7) is 4.14. The standard InChI is InChI=1S/C21H20N4OS/c1-3-4-14-5-7-16(8-6-14)24-20-19-15(9-10-22-21(19)26)11-17(25-20)18-12-27-13(2)23-18/h5-12H,3-4H2,1-2H3,(H,22,26)(H,24,25). The molecule has 4 aromatic rings. The summed E-state index contributed by atoms with van der Waals surface area (Å²) < 4.78 is 0. The summed E-state index contributed by atoms with van der Waals surface area (Å²) in [5, 5.41) is 7.67. The van der Waals surface area contributed by atoms with Gasteiger partial charge in [0.15, 0.2) is 0 Å². The molecule has 0 amide bonds. The predicted octanol–water partition coefficient (Wildman–Crippen LogP) is 5.05. The normalized spacial score (nSPS) is 11.0. The fourth-order valence-electron chi connectivity index (χ4n) is 3.10. The van der Waals surface area contributed by atoms with Crippen molar-refractivity contribution in [1.29, 1.82) is 0 Å². The quantitative estimate of drug-likeness (QED) is 0.511. The maximum atomic E-state index is 12.4. The van der Waals surface area contributed by atoms with Crippen LogP contribution in [0.2, 0.25) is 0 Å². The number of aromatic nitrogens is 3. The van der Waals surface area contributed by atoms with E-state index in [1.165, 1.54) is 5.56 Å². The summed E-state index contributed by atoms with van der Waals surface area (Å²) in [6.07, 6.45) is 3.83. The van der Waals surface area contributed by atoms with Crippen LogP contribution in [0.15, 0.2) is 52.8 Å².